The van der Waals surface area contributed by atoms with Crippen LogP contribution in [0.4, 0.5) is 5.69 Å². The summed E-state index contributed by atoms with van der Waals surface area (Å²) in [7, 11) is 1.79. The van der Waals surface area contributed by atoms with Gasteiger partial charge in [-0.2, -0.15) is 0 Å². The molecule has 0 aromatic heterocycles. The van der Waals surface area contributed by atoms with Crippen LogP contribution < -0.4 is 4.90 Å². The van der Waals surface area contributed by atoms with Gasteiger partial charge in [0.1, 0.15) is 0 Å². The van der Waals surface area contributed by atoms with Crippen LogP contribution in [0.1, 0.15) is 20.3 Å². The van der Waals surface area contributed by atoms with Crippen molar-refractivity contribution in [3.8, 4) is 0 Å². The standard InChI is InChI=1S/C15H19BrN2O2/c1-10(2)17(3)15(20)11-8-14(19)18(9-11)13-7-5-4-6-12(13)16/h4-7,10-11H,8-9H2,1-3H3. The van der Waals surface area contributed by atoms with Gasteiger partial charge in [0.05, 0.1) is 11.6 Å². The second-order valence-electron chi connectivity index (χ2n) is 5.40. The van der Waals surface area contributed by atoms with Gasteiger partial charge in [0.15, 0.2) is 0 Å². The summed E-state index contributed by atoms with van der Waals surface area (Å²) in [5.41, 5.74) is 0.833. The molecule has 1 saturated heterocycles. The minimum atomic E-state index is -0.248. The van der Waals surface area contributed by atoms with E-state index in [4.69, 9.17) is 0 Å². The molecule has 2 rings (SSSR count). The molecule has 5 heteroatoms. The Balaban J connectivity index is 2.16. The Labute approximate surface area is 127 Å². The lowest BCUT2D eigenvalue weighted by Gasteiger charge is -2.25. The maximum Gasteiger partial charge on any atom is 0.227 e. The van der Waals surface area contributed by atoms with Gasteiger partial charge in [-0.15, -0.1) is 0 Å². The van der Waals surface area contributed by atoms with Crippen molar-refractivity contribution in [3.63, 3.8) is 0 Å². The fourth-order valence-electron chi connectivity index (χ4n) is 2.32. The molecular formula is C15H19BrN2O2. The van der Waals surface area contributed by atoms with E-state index in [1.54, 1.807) is 16.8 Å². The van der Waals surface area contributed by atoms with Gasteiger partial charge in [0.25, 0.3) is 0 Å². The summed E-state index contributed by atoms with van der Waals surface area (Å²) < 4.78 is 0.874. The second kappa shape index (κ2) is 5.95. The summed E-state index contributed by atoms with van der Waals surface area (Å²) >= 11 is 3.45. The number of anilines is 1. The third kappa shape index (κ3) is 2.87. The van der Waals surface area contributed by atoms with Crippen molar-refractivity contribution in [1.82, 2.24) is 4.90 Å². The highest BCUT2D eigenvalue weighted by molar-refractivity contribution is 9.10. The number of nitrogens with zero attached hydrogens (tertiary/aromatic N) is 2. The molecule has 1 aliphatic heterocycles. The van der Waals surface area contributed by atoms with Gasteiger partial charge >= 0.3 is 0 Å². The molecule has 1 unspecified atom stereocenters. The number of carbonyl (C=O) groups is 2. The lowest BCUT2D eigenvalue weighted by Crippen LogP contribution is -2.38. The molecule has 0 bridgehead atoms. The van der Waals surface area contributed by atoms with Crippen LogP contribution in [0.2, 0.25) is 0 Å². The van der Waals surface area contributed by atoms with E-state index >= 15 is 0 Å². The predicted molar refractivity (Wildman–Crippen MR) is 82.5 cm³/mol. The SMILES string of the molecule is CC(C)N(C)C(=O)C1CC(=O)N(c2ccccc2Br)C1. The van der Waals surface area contributed by atoms with Gasteiger partial charge in [0, 0.05) is 30.5 Å². The summed E-state index contributed by atoms with van der Waals surface area (Å²) in [4.78, 5) is 27.9. The van der Waals surface area contributed by atoms with Crippen molar-refractivity contribution in [2.24, 2.45) is 5.92 Å². The van der Waals surface area contributed by atoms with Crippen LogP contribution in [0.25, 0.3) is 0 Å². The summed E-state index contributed by atoms with van der Waals surface area (Å²) in [5, 5.41) is 0. The zero-order valence-electron chi connectivity index (χ0n) is 12.0. The number of carbonyl (C=O) groups excluding carboxylic acids is 2. The maximum absolute atomic E-state index is 12.3. The van der Waals surface area contributed by atoms with Crippen LogP contribution in [-0.2, 0) is 9.59 Å². The predicted octanol–water partition coefficient (Wildman–Crippen LogP) is 2.67. The molecule has 1 fully saturated rings. The van der Waals surface area contributed by atoms with Crippen LogP contribution in [0.5, 0.6) is 0 Å². The first-order valence-electron chi connectivity index (χ1n) is 6.73. The summed E-state index contributed by atoms with van der Waals surface area (Å²) in [5.74, 6) is -0.197. The average molecular weight is 339 g/mol. The van der Waals surface area contributed by atoms with E-state index in [0.717, 1.165) is 10.2 Å². The van der Waals surface area contributed by atoms with Crippen molar-refractivity contribution in [1.29, 1.82) is 0 Å². The van der Waals surface area contributed by atoms with E-state index in [-0.39, 0.29) is 30.2 Å². The molecule has 1 aliphatic rings. The molecule has 108 valence electrons. The monoisotopic (exact) mass is 338 g/mol. The Morgan fingerprint density at radius 3 is 2.65 bits per heavy atom. The van der Waals surface area contributed by atoms with E-state index in [9.17, 15) is 9.59 Å². The Hall–Kier alpha value is -1.36. The van der Waals surface area contributed by atoms with Gasteiger partial charge in [-0.25, -0.2) is 0 Å². The number of hydrogen-bond acceptors (Lipinski definition) is 2. The summed E-state index contributed by atoms with van der Waals surface area (Å²) in [6.45, 7) is 4.40. The van der Waals surface area contributed by atoms with Gasteiger partial charge in [-0.05, 0) is 41.9 Å². The molecule has 2 amide bonds. The topological polar surface area (TPSA) is 40.6 Å². The van der Waals surface area contributed by atoms with E-state index in [2.05, 4.69) is 15.9 Å². The van der Waals surface area contributed by atoms with Crippen LogP contribution in [0.15, 0.2) is 28.7 Å². The number of hydrogen-bond donors (Lipinski definition) is 0. The van der Waals surface area contributed by atoms with Crippen molar-refractivity contribution >= 4 is 33.4 Å². The van der Waals surface area contributed by atoms with E-state index in [1.165, 1.54) is 0 Å². The second-order valence-corrected chi connectivity index (χ2v) is 6.25. The van der Waals surface area contributed by atoms with Crippen molar-refractivity contribution in [2.45, 2.75) is 26.3 Å². The van der Waals surface area contributed by atoms with Crippen LogP contribution in [0.3, 0.4) is 0 Å². The zero-order valence-corrected chi connectivity index (χ0v) is 13.6. The third-order valence-electron chi connectivity index (χ3n) is 3.74. The lowest BCUT2D eigenvalue weighted by molar-refractivity contribution is -0.135. The average Bonchev–Trinajstić information content (AvgIpc) is 2.79. The van der Waals surface area contributed by atoms with Crippen LogP contribution in [-0.4, -0.2) is 36.3 Å². The largest absolute Gasteiger partial charge is 0.343 e. The smallest absolute Gasteiger partial charge is 0.227 e. The molecule has 20 heavy (non-hydrogen) atoms. The number of halogens is 1. The van der Waals surface area contributed by atoms with E-state index in [0.29, 0.717) is 6.54 Å². The molecule has 4 nitrogen and oxygen atoms in total. The number of rotatable bonds is 3. The van der Waals surface area contributed by atoms with Crippen molar-refractivity contribution < 1.29 is 9.59 Å². The van der Waals surface area contributed by atoms with Crippen molar-refractivity contribution in [3.05, 3.63) is 28.7 Å². The zero-order chi connectivity index (χ0) is 14.9. The summed E-state index contributed by atoms with van der Waals surface area (Å²) in [6.07, 6.45) is 0.289. The van der Waals surface area contributed by atoms with E-state index in [1.807, 2.05) is 38.1 Å². The number of benzene rings is 1. The first-order valence-corrected chi connectivity index (χ1v) is 7.52. The minimum absolute atomic E-state index is 0.00686. The highest BCUT2D eigenvalue weighted by Crippen LogP contribution is 2.31. The van der Waals surface area contributed by atoms with Gasteiger partial charge < -0.3 is 9.80 Å². The number of para-hydroxylation sites is 1. The molecule has 1 atom stereocenters. The third-order valence-corrected chi connectivity index (χ3v) is 4.41. The molecular weight excluding hydrogens is 320 g/mol. The van der Waals surface area contributed by atoms with E-state index < -0.39 is 0 Å². The molecule has 1 heterocycles. The molecule has 1 aromatic carbocycles. The number of amides is 2. The Kier molecular flexibility index (Phi) is 4.48. The fraction of sp³-hybridized carbons (Fsp3) is 0.467. The minimum Gasteiger partial charge on any atom is -0.343 e. The van der Waals surface area contributed by atoms with Gasteiger partial charge in [-0.3, -0.25) is 9.59 Å². The molecule has 0 saturated carbocycles. The quantitative estimate of drug-likeness (QED) is 0.850. The fourth-order valence-corrected chi connectivity index (χ4v) is 2.82. The molecule has 0 aliphatic carbocycles. The van der Waals surface area contributed by atoms with Crippen LogP contribution >= 0.6 is 15.9 Å². The first-order chi connectivity index (χ1) is 9.41. The molecule has 0 radical (unpaired) electrons. The molecule has 0 N–H and O–H groups in total. The van der Waals surface area contributed by atoms with Gasteiger partial charge in [-0.1, -0.05) is 12.1 Å². The normalized spacial score (nSPS) is 18.8. The first kappa shape index (κ1) is 15.0. The maximum atomic E-state index is 12.3. The Morgan fingerprint density at radius 1 is 1.40 bits per heavy atom. The van der Waals surface area contributed by atoms with Gasteiger partial charge in [0.2, 0.25) is 11.8 Å². The van der Waals surface area contributed by atoms with Crippen LogP contribution in [0, 0.1) is 5.92 Å². The Morgan fingerprint density at radius 2 is 2.05 bits per heavy atom. The highest BCUT2D eigenvalue weighted by Gasteiger charge is 2.37. The molecule has 0 spiro atoms. The highest BCUT2D eigenvalue weighted by atomic mass is 79.9. The Bertz CT molecular complexity index is 530. The molecule has 1 aromatic rings. The lowest BCUT2D eigenvalue weighted by atomic mass is 10.1. The summed E-state index contributed by atoms with van der Waals surface area (Å²) in [6, 6.07) is 7.74. The van der Waals surface area contributed by atoms with Crippen molar-refractivity contribution in [2.75, 3.05) is 18.5 Å².